The van der Waals surface area contributed by atoms with Crippen molar-refractivity contribution in [3.63, 3.8) is 0 Å². The normalized spacial score (nSPS) is 16.4. The van der Waals surface area contributed by atoms with Gasteiger partial charge < -0.3 is 9.88 Å². The summed E-state index contributed by atoms with van der Waals surface area (Å²) in [5, 5.41) is 12.3. The van der Waals surface area contributed by atoms with Gasteiger partial charge in [0.2, 0.25) is 5.91 Å². The number of allylic oxidation sites excluding steroid dienone is 1. The standard InChI is InChI=1S/C16H26N4OS/c1-6-10-20-13(12-8-9-12)18-19-15(20)22-11(3)14(21)17-16(4,5)7-2/h6,11-12H,1,7-10H2,2-5H3,(H,17,21). The zero-order chi connectivity index (χ0) is 16.3. The van der Waals surface area contributed by atoms with Gasteiger partial charge >= 0.3 is 0 Å². The van der Waals surface area contributed by atoms with Crippen LogP contribution in [0.1, 0.15) is 58.7 Å². The second kappa shape index (κ2) is 6.86. The molecule has 0 aliphatic heterocycles. The summed E-state index contributed by atoms with van der Waals surface area (Å²) in [5.41, 5.74) is -0.181. The third kappa shape index (κ3) is 4.12. The van der Waals surface area contributed by atoms with Gasteiger partial charge in [0.1, 0.15) is 5.82 Å². The minimum absolute atomic E-state index is 0.0398. The monoisotopic (exact) mass is 322 g/mol. The van der Waals surface area contributed by atoms with Crippen LogP contribution in [-0.4, -0.2) is 31.5 Å². The summed E-state index contributed by atoms with van der Waals surface area (Å²) in [6.45, 7) is 12.5. The van der Waals surface area contributed by atoms with Gasteiger partial charge in [-0.1, -0.05) is 24.8 Å². The quantitative estimate of drug-likeness (QED) is 0.590. The average Bonchev–Trinajstić information content (AvgIpc) is 3.23. The average molecular weight is 322 g/mol. The summed E-state index contributed by atoms with van der Waals surface area (Å²) in [7, 11) is 0. The van der Waals surface area contributed by atoms with Crippen molar-refractivity contribution in [2.24, 2.45) is 0 Å². The summed E-state index contributed by atoms with van der Waals surface area (Å²) in [6, 6.07) is 0. The van der Waals surface area contributed by atoms with Gasteiger partial charge in [0.05, 0.1) is 5.25 Å². The smallest absolute Gasteiger partial charge is 0.233 e. The molecule has 1 atom stereocenters. The molecule has 0 saturated heterocycles. The van der Waals surface area contributed by atoms with Crippen LogP contribution in [0.5, 0.6) is 0 Å². The fourth-order valence-corrected chi connectivity index (χ4v) is 2.93. The lowest BCUT2D eigenvalue weighted by atomic mass is 10.0. The molecular formula is C16H26N4OS. The number of hydrogen-bond acceptors (Lipinski definition) is 4. The van der Waals surface area contributed by atoms with Crippen molar-refractivity contribution in [1.29, 1.82) is 0 Å². The zero-order valence-corrected chi connectivity index (χ0v) is 14.7. The molecule has 1 aliphatic rings. The van der Waals surface area contributed by atoms with Crippen LogP contribution in [0.3, 0.4) is 0 Å². The maximum atomic E-state index is 12.3. The number of nitrogens with one attached hydrogen (secondary N) is 1. The van der Waals surface area contributed by atoms with Gasteiger partial charge in [-0.3, -0.25) is 4.79 Å². The van der Waals surface area contributed by atoms with Crippen LogP contribution in [0.2, 0.25) is 0 Å². The summed E-state index contributed by atoms with van der Waals surface area (Å²) in [4.78, 5) is 12.3. The molecule has 1 aliphatic carbocycles. The maximum absolute atomic E-state index is 12.3. The lowest BCUT2D eigenvalue weighted by Gasteiger charge is -2.26. The molecule has 1 aromatic heterocycles. The van der Waals surface area contributed by atoms with Gasteiger partial charge in [-0.25, -0.2) is 0 Å². The Bertz CT molecular complexity index is 548. The highest BCUT2D eigenvalue weighted by Crippen LogP contribution is 2.40. The number of amides is 1. The molecule has 1 unspecified atom stereocenters. The molecule has 22 heavy (non-hydrogen) atoms. The van der Waals surface area contributed by atoms with E-state index in [1.54, 1.807) is 0 Å². The molecule has 1 fully saturated rings. The van der Waals surface area contributed by atoms with Gasteiger partial charge in [0, 0.05) is 18.0 Å². The van der Waals surface area contributed by atoms with Gasteiger partial charge in [0.15, 0.2) is 5.16 Å². The van der Waals surface area contributed by atoms with E-state index >= 15 is 0 Å². The summed E-state index contributed by atoms with van der Waals surface area (Å²) < 4.78 is 2.09. The van der Waals surface area contributed by atoms with E-state index < -0.39 is 0 Å². The van der Waals surface area contributed by atoms with E-state index in [9.17, 15) is 4.79 Å². The number of carbonyl (C=O) groups excluding carboxylic acids is 1. The Morgan fingerprint density at radius 2 is 2.23 bits per heavy atom. The highest BCUT2D eigenvalue weighted by molar-refractivity contribution is 8.00. The fraction of sp³-hybridized carbons (Fsp3) is 0.688. The van der Waals surface area contributed by atoms with Crippen molar-refractivity contribution in [2.45, 2.75) is 75.4 Å². The van der Waals surface area contributed by atoms with Crippen molar-refractivity contribution in [1.82, 2.24) is 20.1 Å². The molecule has 0 spiro atoms. The Balaban J connectivity index is 2.06. The number of carbonyl (C=O) groups is 1. The Morgan fingerprint density at radius 3 is 2.77 bits per heavy atom. The number of nitrogens with zero attached hydrogens (tertiary/aromatic N) is 3. The van der Waals surface area contributed by atoms with Crippen molar-refractivity contribution >= 4 is 17.7 Å². The molecule has 1 N–H and O–H groups in total. The van der Waals surface area contributed by atoms with Gasteiger partial charge in [-0.2, -0.15) is 0 Å². The highest BCUT2D eigenvalue weighted by Gasteiger charge is 2.31. The number of aromatic nitrogens is 3. The minimum Gasteiger partial charge on any atom is -0.350 e. The highest BCUT2D eigenvalue weighted by atomic mass is 32.2. The van der Waals surface area contributed by atoms with Crippen LogP contribution in [0, 0.1) is 0 Å². The predicted octanol–water partition coefficient (Wildman–Crippen LogP) is 3.13. The molecule has 5 nitrogen and oxygen atoms in total. The van der Waals surface area contributed by atoms with Crippen molar-refractivity contribution < 1.29 is 4.79 Å². The summed E-state index contributed by atoms with van der Waals surface area (Å²) >= 11 is 1.46. The van der Waals surface area contributed by atoms with E-state index in [4.69, 9.17) is 0 Å². The first kappa shape index (κ1) is 17.1. The van der Waals surface area contributed by atoms with E-state index in [-0.39, 0.29) is 16.7 Å². The van der Waals surface area contributed by atoms with E-state index in [1.165, 1.54) is 24.6 Å². The van der Waals surface area contributed by atoms with Crippen LogP contribution in [-0.2, 0) is 11.3 Å². The first-order chi connectivity index (χ1) is 10.4. The molecule has 1 aromatic rings. The Kier molecular flexibility index (Phi) is 5.32. The Labute approximate surface area is 137 Å². The van der Waals surface area contributed by atoms with Crippen molar-refractivity contribution in [3.8, 4) is 0 Å². The molecular weight excluding hydrogens is 296 g/mol. The largest absolute Gasteiger partial charge is 0.350 e. The first-order valence-electron chi connectivity index (χ1n) is 7.90. The lowest BCUT2D eigenvalue weighted by molar-refractivity contribution is -0.121. The maximum Gasteiger partial charge on any atom is 0.233 e. The second-order valence-electron chi connectivity index (χ2n) is 6.50. The van der Waals surface area contributed by atoms with Crippen molar-refractivity contribution in [2.75, 3.05) is 0 Å². The lowest BCUT2D eigenvalue weighted by Crippen LogP contribution is -2.46. The van der Waals surface area contributed by atoms with Gasteiger partial charge in [0.25, 0.3) is 0 Å². The Hall–Kier alpha value is -1.30. The number of thioether (sulfide) groups is 1. The SMILES string of the molecule is C=CCn1c(SC(C)C(=O)NC(C)(C)CC)nnc1C1CC1. The molecule has 0 radical (unpaired) electrons. The first-order valence-corrected chi connectivity index (χ1v) is 8.78. The molecule has 1 saturated carbocycles. The second-order valence-corrected chi connectivity index (χ2v) is 7.81. The number of rotatable bonds is 8. The minimum atomic E-state index is -0.203. The predicted molar refractivity (Wildman–Crippen MR) is 90.0 cm³/mol. The molecule has 2 rings (SSSR count). The fourth-order valence-electron chi connectivity index (χ4n) is 2.07. The van der Waals surface area contributed by atoms with Crippen LogP contribution < -0.4 is 5.32 Å². The van der Waals surface area contributed by atoms with Gasteiger partial charge in [-0.15, -0.1) is 16.8 Å². The van der Waals surface area contributed by atoms with Crippen LogP contribution in [0.15, 0.2) is 17.8 Å². The molecule has 0 bridgehead atoms. The third-order valence-corrected chi connectivity index (χ3v) is 5.08. The van der Waals surface area contributed by atoms with E-state index in [2.05, 4.69) is 33.6 Å². The molecule has 6 heteroatoms. The van der Waals surface area contributed by atoms with Crippen LogP contribution in [0.4, 0.5) is 0 Å². The van der Waals surface area contributed by atoms with Crippen LogP contribution >= 0.6 is 11.8 Å². The molecule has 1 amide bonds. The van der Waals surface area contributed by atoms with Crippen LogP contribution in [0.25, 0.3) is 0 Å². The molecule has 1 heterocycles. The van der Waals surface area contributed by atoms with E-state index in [0.717, 1.165) is 17.4 Å². The van der Waals surface area contributed by atoms with Crippen molar-refractivity contribution in [3.05, 3.63) is 18.5 Å². The topological polar surface area (TPSA) is 59.8 Å². The Morgan fingerprint density at radius 1 is 1.55 bits per heavy atom. The molecule has 0 aromatic carbocycles. The molecule has 122 valence electrons. The van der Waals surface area contributed by atoms with E-state index in [1.807, 2.05) is 26.8 Å². The summed E-state index contributed by atoms with van der Waals surface area (Å²) in [5.74, 6) is 1.60. The number of hydrogen-bond donors (Lipinski definition) is 1. The third-order valence-electron chi connectivity index (χ3n) is 4.00. The zero-order valence-electron chi connectivity index (χ0n) is 13.9. The van der Waals surface area contributed by atoms with Gasteiger partial charge in [-0.05, 0) is 40.0 Å². The summed E-state index contributed by atoms with van der Waals surface area (Å²) in [6.07, 6.45) is 5.11. The van der Waals surface area contributed by atoms with E-state index in [0.29, 0.717) is 12.5 Å².